The summed E-state index contributed by atoms with van der Waals surface area (Å²) < 4.78 is 26.8. The molecule has 1 rings (SSSR count). The summed E-state index contributed by atoms with van der Waals surface area (Å²) in [4.78, 5) is 0. The Morgan fingerprint density at radius 1 is 1.22 bits per heavy atom. The van der Waals surface area contributed by atoms with Crippen molar-refractivity contribution in [1.29, 1.82) is 0 Å². The average molecular weight is 256 g/mol. The number of aliphatic hydroxyl groups is 1. The molecule has 0 aliphatic heterocycles. The second kappa shape index (κ2) is 5.79. The normalized spacial score (nSPS) is 16.7. The summed E-state index contributed by atoms with van der Waals surface area (Å²) in [5, 5.41) is 10.4. The molecule has 0 saturated heterocycles. The van der Waals surface area contributed by atoms with E-state index in [4.69, 9.17) is 0 Å². The number of benzene rings is 1. The van der Waals surface area contributed by atoms with E-state index in [0.717, 1.165) is 12.5 Å². The van der Waals surface area contributed by atoms with Gasteiger partial charge in [-0.3, -0.25) is 0 Å². The van der Waals surface area contributed by atoms with Gasteiger partial charge in [0.05, 0.1) is 5.60 Å². The van der Waals surface area contributed by atoms with Gasteiger partial charge in [-0.2, -0.15) is 0 Å². The van der Waals surface area contributed by atoms with Crippen LogP contribution in [0.1, 0.15) is 46.1 Å². The molecule has 3 heteroatoms. The van der Waals surface area contributed by atoms with Gasteiger partial charge < -0.3 is 5.11 Å². The maximum absolute atomic E-state index is 13.7. The number of hydrogen-bond acceptors (Lipinski definition) is 1. The monoisotopic (exact) mass is 256 g/mol. The Hall–Kier alpha value is -0.960. The smallest absolute Gasteiger partial charge is 0.164 e. The van der Waals surface area contributed by atoms with Crippen molar-refractivity contribution in [3.05, 3.63) is 35.4 Å². The predicted molar refractivity (Wildman–Crippen MR) is 69.2 cm³/mol. The summed E-state index contributed by atoms with van der Waals surface area (Å²) in [6.45, 7) is 7.77. The van der Waals surface area contributed by atoms with Crippen LogP contribution in [0.4, 0.5) is 8.78 Å². The van der Waals surface area contributed by atoms with Crippen LogP contribution >= 0.6 is 0 Å². The summed E-state index contributed by atoms with van der Waals surface area (Å²) in [7, 11) is 0. The third-order valence-corrected chi connectivity index (χ3v) is 3.15. The lowest BCUT2D eigenvalue weighted by molar-refractivity contribution is 0.0256. The van der Waals surface area contributed by atoms with E-state index in [1.807, 2.05) is 6.92 Å². The minimum Gasteiger partial charge on any atom is -0.385 e. The Morgan fingerprint density at radius 2 is 1.83 bits per heavy atom. The standard InChI is InChI=1S/C15H22F2O/c1-10(2)8-11(3)9-15(4,18)12-6-5-7-13(16)14(12)17/h5-7,10-11,18H,8-9H2,1-4H3. The molecule has 0 aliphatic rings. The fraction of sp³-hybridized carbons (Fsp3) is 0.600. The van der Waals surface area contributed by atoms with Gasteiger partial charge in [0.15, 0.2) is 11.6 Å². The predicted octanol–water partition coefficient (Wildman–Crippen LogP) is 4.24. The zero-order valence-electron chi connectivity index (χ0n) is 11.5. The largest absolute Gasteiger partial charge is 0.385 e. The lowest BCUT2D eigenvalue weighted by Gasteiger charge is -2.28. The van der Waals surface area contributed by atoms with Crippen LogP contribution in [0.25, 0.3) is 0 Å². The zero-order chi connectivity index (χ0) is 13.9. The van der Waals surface area contributed by atoms with E-state index in [2.05, 4.69) is 13.8 Å². The molecule has 0 amide bonds. The lowest BCUT2D eigenvalue weighted by Crippen LogP contribution is -2.26. The van der Waals surface area contributed by atoms with Gasteiger partial charge >= 0.3 is 0 Å². The Morgan fingerprint density at radius 3 is 2.39 bits per heavy atom. The van der Waals surface area contributed by atoms with Crippen LogP contribution in [0, 0.1) is 23.5 Å². The third kappa shape index (κ3) is 3.77. The molecule has 1 nitrogen and oxygen atoms in total. The maximum atomic E-state index is 13.7. The Kier molecular flexibility index (Phi) is 4.85. The topological polar surface area (TPSA) is 20.2 Å². The van der Waals surface area contributed by atoms with Gasteiger partial charge in [0.25, 0.3) is 0 Å². The molecule has 0 heterocycles. The van der Waals surface area contributed by atoms with Gasteiger partial charge in [-0.15, -0.1) is 0 Å². The van der Waals surface area contributed by atoms with Crippen LogP contribution in [0.3, 0.4) is 0 Å². The van der Waals surface area contributed by atoms with Gasteiger partial charge in [0, 0.05) is 5.56 Å². The molecule has 0 aromatic heterocycles. The third-order valence-electron chi connectivity index (χ3n) is 3.15. The summed E-state index contributed by atoms with van der Waals surface area (Å²) in [6.07, 6.45) is 1.37. The highest BCUT2D eigenvalue weighted by Crippen LogP contribution is 2.32. The van der Waals surface area contributed by atoms with E-state index in [1.54, 1.807) is 6.92 Å². The van der Waals surface area contributed by atoms with E-state index < -0.39 is 17.2 Å². The van der Waals surface area contributed by atoms with Crippen LogP contribution in [-0.2, 0) is 5.60 Å². The van der Waals surface area contributed by atoms with Gasteiger partial charge in [0.2, 0.25) is 0 Å². The first-order chi connectivity index (χ1) is 8.24. The average Bonchev–Trinajstić information content (AvgIpc) is 2.19. The Bertz CT molecular complexity index is 399. The van der Waals surface area contributed by atoms with E-state index >= 15 is 0 Å². The summed E-state index contributed by atoms with van der Waals surface area (Å²) in [5.41, 5.74) is -1.29. The number of halogens is 2. The number of hydrogen-bond donors (Lipinski definition) is 1. The molecule has 1 N–H and O–H groups in total. The Labute approximate surface area is 108 Å². The SMILES string of the molecule is CC(C)CC(C)CC(C)(O)c1cccc(F)c1F. The highest BCUT2D eigenvalue weighted by molar-refractivity contribution is 5.24. The van der Waals surface area contributed by atoms with Crippen LogP contribution in [0.2, 0.25) is 0 Å². The quantitative estimate of drug-likeness (QED) is 0.835. The molecule has 1 aromatic carbocycles. The van der Waals surface area contributed by atoms with Crippen molar-refractivity contribution >= 4 is 0 Å². The second-order valence-corrected chi connectivity index (χ2v) is 5.81. The first-order valence-corrected chi connectivity index (χ1v) is 6.41. The van der Waals surface area contributed by atoms with Crippen molar-refractivity contribution in [2.45, 2.75) is 46.1 Å². The van der Waals surface area contributed by atoms with Crippen molar-refractivity contribution in [1.82, 2.24) is 0 Å². The van der Waals surface area contributed by atoms with Crippen molar-refractivity contribution in [2.75, 3.05) is 0 Å². The Balaban J connectivity index is 2.88. The van der Waals surface area contributed by atoms with Crippen molar-refractivity contribution in [2.24, 2.45) is 11.8 Å². The zero-order valence-corrected chi connectivity index (χ0v) is 11.5. The van der Waals surface area contributed by atoms with Crippen LogP contribution in [0.5, 0.6) is 0 Å². The molecule has 0 saturated carbocycles. The van der Waals surface area contributed by atoms with E-state index in [-0.39, 0.29) is 11.5 Å². The molecule has 2 atom stereocenters. The number of rotatable bonds is 5. The van der Waals surface area contributed by atoms with E-state index in [0.29, 0.717) is 12.3 Å². The van der Waals surface area contributed by atoms with Crippen molar-refractivity contribution in [3.63, 3.8) is 0 Å². The maximum Gasteiger partial charge on any atom is 0.164 e. The van der Waals surface area contributed by atoms with Crippen molar-refractivity contribution < 1.29 is 13.9 Å². The molecule has 0 aliphatic carbocycles. The summed E-state index contributed by atoms with van der Waals surface area (Å²) in [6, 6.07) is 3.93. The first-order valence-electron chi connectivity index (χ1n) is 6.41. The van der Waals surface area contributed by atoms with Crippen molar-refractivity contribution in [3.8, 4) is 0 Å². The minimum atomic E-state index is -1.33. The first kappa shape index (κ1) is 15.1. The van der Waals surface area contributed by atoms with Gasteiger partial charge in [-0.25, -0.2) is 8.78 Å². The molecule has 0 bridgehead atoms. The minimum absolute atomic E-state index is 0.0399. The highest BCUT2D eigenvalue weighted by atomic mass is 19.2. The molecule has 2 unspecified atom stereocenters. The molecule has 0 fully saturated rings. The lowest BCUT2D eigenvalue weighted by atomic mass is 9.83. The van der Waals surface area contributed by atoms with Crippen LogP contribution in [-0.4, -0.2) is 5.11 Å². The van der Waals surface area contributed by atoms with Gasteiger partial charge in [0.1, 0.15) is 0 Å². The fourth-order valence-corrected chi connectivity index (χ4v) is 2.60. The summed E-state index contributed by atoms with van der Waals surface area (Å²) in [5.74, 6) is -1.08. The van der Waals surface area contributed by atoms with E-state index in [1.165, 1.54) is 12.1 Å². The van der Waals surface area contributed by atoms with Gasteiger partial charge in [-0.1, -0.05) is 32.9 Å². The molecule has 0 spiro atoms. The van der Waals surface area contributed by atoms with Gasteiger partial charge in [-0.05, 0) is 37.7 Å². The fourth-order valence-electron chi connectivity index (χ4n) is 2.60. The summed E-state index contributed by atoms with van der Waals surface area (Å²) >= 11 is 0. The highest BCUT2D eigenvalue weighted by Gasteiger charge is 2.29. The van der Waals surface area contributed by atoms with Crippen LogP contribution < -0.4 is 0 Å². The molecule has 18 heavy (non-hydrogen) atoms. The molecule has 0 radical (unpaired) electrons. The van der Waals surface area contributed by atoms with Crippen LogP contribution in [0.15, 0.2) is 18.2 Å². The molecule has 102 valence electrons. The van der Waals surface area contributed by atoms with E-state index in [9.17, 15) is 13.9 Å². The molecular weight excluding hydrogens is 234 g/mol. The molecule has 1 aromatic rings. The second-order valence-electron chi connectivity index (χ2n) is 5.81. The molecular formula is C15H22F2O.